The van der Waals surface area contributed by atoms with Gasteiger partial charge in [0.2, 0.25) is 0 Å². The summed E-state index contributed by atoms with van der Waals surface area (Å²) in [6.45, 7) is 10.0. The smallest absolute Gasteiger partial charge is 0.330 e. The molecule has 0 heterocycles. The van der Waals surface area contributed by atoms with Gasteiger partial charge >= 0.3 is 11.9 Å². The number of carbonyl (C=O) groups excluding carboxylic acids is 1. The van der Waals surface area contributed by atoms with E-state index in [9.17, 15) is 9.59 Å². The van der Waals surface area contributed by atoms with Crippen molar-refractivity contribution in [2.45, 2.75) is 13.8 Å². The molecule has 0 saturated carbocycles. The van der Waals surface area contributed by atoms with Crippen LogP contribution in [0.5, 0.6) is 0 Å². The second-order valence-electron chi connectivity index (χ2n) is 2.49. The second-order valence-corrected chi connectivity index (χ2v) is 2.49. The van der Waals surface area contributed by atoms with Crippen LogP contribution >= 0.6 is 0 Å². The van der Waals surface area contributed by atoms with Crippen LogP contribution in [0.25, 0.3) is 0 Å². The highest BCUT2D eigenvalue weighted by molar-refractivity contribution is 5.84. The molecule has 0 aromatic heterocycles. The monoisotopic (exact) mass is 212 g/mol. The third-order valence-electron chi connectivity index (χ3n) is 1.09. The first-order chi connectivity index (χ1) is 6.95. The van der Waals surface area contributed by atoms with Gasteiger partial charge in [-0.2, -0.15) is 0 Å². The molecule has 4 nitrogen and oxygen atoms in total. The van der Waals surface area contributed by atoms with Crippen LogP contribution in [0.2, 0.25) is 0 Å². The summed E-state index contributed by atoms with van der Waals surface area (Å²) in [6, 6.07) is 0. The number of hydrogen-bond donors (Lipinski definition) is 1. The molecule has 0 aromatic carbocycles. The van der Waals surface area contributed by atoms with Crippen molar-refractivity contribution >= 4 is 11.9 Å². The molecule has 0 spiro atoms. The number of allylic oxidation sites excluding steroid dienone is 1. The Morgan fingerprint density at radius 1 is 1.47 bits per heavy atom. The van der Waals surface area contributed by atoms with Gasteiger partial charge in [-0.1, -0.05) is 25.3 Å². The SMILES string of the molecule is C=C(C)C(=O)O.C=CC(=O)OCC=CC. The molecule has 0 fully saturated rings. The van der Waals surface area contributed by atoms with Crippen LogP contribution in [0.4, 0.5) is 0 Å². The molecular weight excluding hydrogens is 196 g/mol. The van der Waals surface area contributed by atoms with Gasteiger partial charge in [0.25, 0.3) is 0 Å². The third-order valence-corrected chi connectivity index (χ3v) is 1.09. The van der Waals surface area contributed by atoms with E-state index in [2.05, 4.69) is 17.9 Å². The molecule has 0 aromatic rings. The number of carboxylic acid groups (broad SMARTS) is 1. The van der Waals surface area contributed by atoms with E-state index in [4.69, 9.17) is 5.11 Å². The van der Waals surface area contributed by atoms with Crippen LogP contribution in [-0.4, -0.2) is 23.7 Å². The summed E-state index contributed by atoms with van der Waals surface area (Å²) < 4.78 is 4.59. The zero-order chi connectivity index (χ0) is 12.3. The maximum atomic E-state index is 10.3. The summed E-state index contributed by atoms with van der Waals surface area (Å²) in [7, 11) is 0. The predicted molar refractivity (Wildman–Crippen MR) is 58.4 cm³/mol. The average molecular weight is 212 g/mol. The summed E-state index contributed by atoms with van der Waals surface area (Å²) in [5.41, 5.74) is 0.176. The minimum Gasteiger partial charge on any atom is -0.478 e. The van der Waals surface area contributed by atoms with E-state index in [0.717, 1.165) is 6.08 Å². The fourth-order valence-corrected chi connectivity index (χ4v) is 0.285. The van der Waals surface area contributed by atoms with Crippen molar-refractivity contribution < 1.29 is 19.4 Å². The van der Waals surface area contributed by atoms with E-state index < -0.39 is 5.97 Å². The van der Waals surface area contributed by atoms with Gasteiger partial charge in [-0.15, -0.1) is 0 Å². The van der Waals surface area contributed by atoms with Crippen molar-refractivity contribution in [3.8, 4) is 0 Å². The first-order valence-electron chi connectivity index (χ1n) is 4.24. The molecule has 0 aliphatic carbocycles. The largest absolute Gasteiger partial charge is 0.478 e. The molecular formula is C11H16O4. The lowest BCUT2D eigenvalue weighted by Gasteiger charge is -1.93. The van der Waals surface area contributed by atoms with Crippen LogP contribution in [0.3, 0.4) is 0 Å². The summed E-state index contributed by atoms with van der Waals surface area (Å²) in [5.74, 6) is -1.32. The molecule has 4 heteroatoms. The van der Waals surface area contributed by atoms with Gasteiger partial charge in [0.05, 0.1) is 0 Å². The molecule has 0 saturated heterocycles. The van der Waals surface area contributed by atoms with E-state index >= 15 is 0 Å². The van der Waals surface area contributed by atoms with Crippen molar-refractivity contribution in [2.24, 2.45) is 0 Å². The van der Waals surface area contributed by atoms with Crippen molar-refractivity contribution in [1.82, 2.24) is 0 Å². The number of aliphatic carboxylic acids is 1. The highest BCUT2D eigenvalue weighted by Crippen LogP contribution is 1.81. The Balaban J connectivity index is 0. The Morgan fingerprint density at radius 3 is 2.20 bits per heavy atom. The van der Waals surface area contributed by atoms with Gasteiger partial charge in [0, 0.05) is 11.6 Å². The third kappa shape index (κ3) is 15.0. The normalized spacial score (nSPS) is 8.67. The lowest BCUT2D eigenvalue weighted by atomic mass is 10.4. The Hall–Kier alpha value is -1.84. The van der Waals surface area contributed by atoms with Gasteiger partial charge in [-0.25, -0.2) is 9.59 Å². The number of ether oxygens (including phenoxy) is 1. The minimum atomic E-state index is -0.935. The van der Waals surface area contributed by atoms with Crippen molar-refractivity contribution in [3.63, 3.8) is 0 Å². The Labute approximate surface area is 89.6 Å². The molecule has 0 amide bonds. The van der Waals surface area contributed by atoms with E-state index in [1.807, 2.05) is 13.0 Å². The lowest BCUT2D eigenvalue weighted by Crippen LogP contribution is -1.98. The fourth-order valence-electron chi connectivity index (χ4n) is 0.285. The van der Waals surface area contributed by atoms with E-state index in [1.165, 1.54) is 6.92 Å². The summed E-state index contributed by atoms with van der Waals surface area (Å²) in [4.78, 5) is 19.9. The van der Waals surface area contributed by atoms with Crippen molar-refractivity contribution in [2.75, 3.05) is 6.61 Å². The molecule has 0 radical (unpaired) electrons. The molecule has 0 unspecified atom stereocenters. The van der Waals surface area contributed by atoms with Crippen LogP contribution in [0, 0.1) is 0 Å². The van der Waals surface area contributed by atoms with Gasteiger partial charge in [0.1, 0.15) is 6.61 Å². The number of esters is 1. The van der Waals surface area contributed by atoms with Crippen LogP contribution < -0.4 is 0 Å². The van der Waals surface area contributed by atoms with Gasteiger partial charge < -0.3 is 9.84 Å². The quantitative estimate of drug-likeness (QED) is 0.439. The van der Waals surface area contributed by atoms with E-state index in [0.29, 0.717) is 6.61 Å². The molecule has 0 aliphatic heterocycles. The molecule has 0 rings (SSSR count). The van der Waals surface area contributed by atoms with E-state index in [-0.39, 0.29) is 11.5 Å². The average Bonchev–Trinajstić information content (AvgIpc) is 2.18. The van der Waals surface area contributed by atoms with Gasteiger partial charge in [-0.3, -0.25) is 0 Å². The number of carboxylic acids is 1. The topological polar surface area (TPSA) is 63.6 Å². The maximum Gasteiger partial charge on any atom is 0.330 e. The lowest BCUT2D eigenvalue weighted by molar-refractivity contribution is -0.136. The van der Waals surface area contributed by atoms with Gasteiger partial charge in [-0.05, 0) is 13.8 Å². The van der Waals surface area contributed by atoms with E-state index in [1.54, 1.807) is 6.08 Å². The molecule has 84 valence electrons. The Morgan fingerprint density at radius 2 is 1.93 bits per heavy atom. The summed E-state index contributed by atoms with van der Waals surface area (Å²) in [5, 5.41) is 7.89. The fraction of sp³-hybridized carbons (Fsp3) is 0.273. The van der Waals surface area contributed by atoms with Crippen molar-refractivity contribution in [3.05, 3.63) is 37.0 Å². The first-order valence-corrected chi connectivity index (χ1v) is 4.24. The standard InChI is InChI=1S/C7H10O2.C4H6O2/c1-3-5-6-9-7(8)4-2;1-3(2)4(5)6/h3-5H,2,6H2,1H3;1H2,2H3,(H,5,6). The minimum absolute atomic E-state index is 0.176. The van der Waals surface area contributed by atoms with Crippen LogP contribution in [0.1, 0.15) is 13.8 Å². The second kappa shape index (κ2) is 10.2. The highest BCUT2D eigenvalue weighted by Gasteiger charge is 1.90. The highest BCUT2D eigenvalue weighted by atomic mass is 16.5. The summed E-state index contributed by atoms with van der Waals surface area (Å²) in [6.07, 6.45) is 4.71. The molecule has 0 aliphatic rings. The molecule has 0 bridgehead atoms. The maximum absolute atomic E-state index is 10.3. The van der Waals surface area contributed by atoms with Crippen LogP contribution in [-0.2, 0) is 14.3 Å². The zero-order valence-electron chi connectivity index (χ0n) is 9.03. The summed E-state index contributed by atoms with van der Waals surface area (Å²) >= 11 is 0. The first kappa shape index (κ1) is 15.6. The van der Waals surface area contributed by atoms with Crippen LogP contribution in [0.15, 0.2) is 37.0 Å². The molecule has 1 N–H and O–H groups in total. The number of hydrogen-bond acceptors (Lipinski definition) is 3. The number of rotatable bonds is 4. The molecule has 0 atom stereocenters. The van der Waals surface area contributed by atoms with Crippen molar-refractivity contribution in [1.29, 1.82) is 0 Å². The Bertz CT molecular complexity index is 252. The zero-order valence-corrected chi connectivity index (χ0v) is 9.03. The Kier molecular flexibility index (Phi) is 10.7. The molecule has 15 heavy (non-hydrogen) atoms. The number of carbonyl (C=O) groups is 2. The van der Waals surface area contributed by atoms with Gasteiger partial charge in [0.15, 0.2) is 0 Å². The predicted octanol–water partition coefficient (Wildman–Crippen LogP) is 1.94.